The van der Waals surface area contributed by atoms with Crippen LogP contribution in [0.5, 0.6) is 0 Å². The molecule has 39 heavy (non-hydrogen) atoms. The van der Waals surface area contributed by atoms with Gasteiger partial charge in [-0.25, -0.2) is 14.8 Å². The van der Waals surface area contributed by atoms with Gasteiger partial charge in [-0.1, -0.05) is 35.3 Å². The second kappa shape index (κ2) is 13.0. The van der Waals surface area contributed by atoms with Crippen molar-refractivity contribution in [2.75, 3.05) is 49.6 Å². The van der Waals surface area contributed by atoms with E-state index in [2.05, 4.69) is 15.1 Å². The van der Waals surface area contributed by atoms with Gasteiger partial charge in [-0.15, -0.1) is 0 Å². The van der Waals surface area contributed by atoms with Crippen LogP contribution in [0.3, 0.4) is 0 Å². The van der Waals surface area contributed by atoms with Crippen LogP contribution >= 0.6 is 23.2 Å². The molecule has 2 aliphatic rings. The number of nitrogens with zero attached hydrogens (tertiary/aromatic N) is 4. The van der Waals surface area contributed by atoms with Crippen LogP contribution in [0, 0.1) is 0 Å². The standard InChI is InChI=1S/C24H27Cl2N5O.C2HF3O2/c25-18-5-6-20(26)17(15-18)16-30-9-11-31(12-10-30)24-23(27-19-7-13-32-14-8-19)28-21-3-1-2-4-22(21)29-24;3-2(4,5)1(6)7/h1-6,15,19H,7-14,16H2,(H,27,28);(H,6,7). The van der Waals surface area contributed by atoms with E-state index >= 15 is 0 Å². The number of ether oxygens (including phenoxy) is 1. The second-order valence-corrected chi connectivity index (χ2v) is 10.1. The minimum Gasteiger partial charge on any atom is -0.475 e. The maximum atomic E-state index is 10.6. The number of piperazine rings is 1. The van der Waals surface area contributed by atoms with Crippen LogP contribution in [0.15, 0.2) is 42.5 Å². The van der Waals surface area contributed by atoms with Gasteiger partial charge in [0.1, 0.15) is 0 Å². The maximum absolute atomic E-state index is 10.6. The quantitative estimate of drug-likeness (QED) is 0.406. The monoisotopic (exact) mass is 585 g/mol. The molecule has 0 unspecified atom stereocenters. The first-order chi connectivity index (χ1) is 18.6. The molecule has 1 aromatic heterocycles. The fraction of sp³-hybridized carbons (Fsp3) is 0.423. The first-order valence-electron chi connectivity index (χ1n) is 12.4. The van der Waals surface area contributed by atoms with Gasteiger partial charge in [0.05, 0.1) is 11.0 Å². The molecule has 0 amide bonds. The summed E-state index contributed by atoms with van der Waals surface area (Å²) in [6.45, 7) is 5.99. The van der Waals surface area contributed by atoms with Crippen molar-refractivity contribution in [2.45, 2.75) is 31.6 Å². The van der Waals surface area contributed by atoms with E-state index in [9.17, 15) is 13.2 Å². The predicted molar refractivity (Wildman–Crippen MR) is 145 cm³/mol. The Morgan fingerprint density at radius 1 is 1.03 bits per heavy atom. The molecule has 0 saturated carbocycles. The Morgan fingerprint density at radius 3 is 2.26 bits per heavy atom. The Balaban J connectivity index is 0.000000448. The Hall–Kier alpha value is -2.86. The summed E-state index contributed by atoms with van der Waals surface area (Å²) >= 11 is 12.5. The van der Waals surface area contributed by atoms with Gasteiger partial charge in [-0.3, -0.25) is 4.90 Å². The van der Waals surface area contributed by atoms with Gasteiger partial charge >= 0.3 is 12.1 Å². The summed E-state index contributed by atoms with van der Waals surface area (Å²) in [5, 5.41) is 12.3. The molecule has 0 atom stereocenters. The molecule has 2 saturated heterocycles. The van der Waals surface area contributed by atoms with Crippen molar-refractivity contribution in [3.8, 4) is 0 Å². The molecule has 8 nitrogen and oxygen atoms in total. The Bertz CT molecular complexity index is 1280. The van der Waals surface area contributed by atoms with Crippen molar-refractivity contribution >= 4 is 51.8 Å². The zero-order valence-corrected chi connectivity index (χ0v) is 22.4. The zero-order valence-electron chi connectivity index (χ0n) is 20.9. The van der Waals surface area contributed by atoms with Crippen molar-refractivity contribution in [3.63, 3.8) is 0 Å². The zero-order chi connectivity index (χ0) is 28.0. The van der Waals surface area contributed by atoms with E-state index in [4.69, 9.17) is 47.8 Å². The Kier molecular flexibility index (Phi) is 9.71. The number of rotatable bonds is 5. The van der Waals surface area contributed by atoms with Crippen molar-refractivity contribution in [2.24, 2.45) is 0 Å². The average Bonchev–Trinajstić information content (AvgIpc) is 2.91. The molecule has 2 aliphatic heterocycles. The molecular formula is C26H28Cl2F3N5O3. The maximum Gasteiger partial charge on any atom is 0.490 e. The third-order valence-electron chi connectivity index (χ3n) is 6.43. The SMILES string of the molecule is Clc1ccc(Cl)c(CN2CCN(c3nc4ccccc4nc3NC3CCOCC3)CC2)c1.O=C(O)C(F)(F)F. The number of hydrogen-bond acceptors (Lipinski definition) is 7. The smallest absolute Gasteiger partial charge is 0.475 e. The minimum atomic E-state index is -5.08. The van der Waals surface area contributed by atoms with Crippen LogP contribution in [0.2, 0.25) is 10.0 Å². The topological polar surface area (TPSA) is 90.8 Å². The number of carboxylic acid groups (broad SMARTS) is 1. The Labute approximate surface area is 233 Å². The summed E-state index contributed by atoms with van der Waals surface area (Å²) in [7, 11) is 0. The lowest BCUT2D eigenvalue weighted by Gasteiger charge is -2.36. The fourth-order valence-corrected chi connectivity index (χ4v) is 4.74. The highest BCUT2D eigenvalue weighted by atomic mass is 35.5. The lowest BCUT2D eigenvalue weighted by Crippen LogP contribution is -2.46. The summed E-state index contributed by atoms with van der Waals surface area (Å²) in [6, 6.07) is 14.1. The highest BCUT2D eigenvalue weighted by molar-refractivity contribution is 6.33. The van der Waals surface area contributed by atoms with Gasteiger partial charge < -0.3 is 20.1 Å². The molecule has 0 bridgehead atoms. The number of carbonyl (C=O) groups is 1. The predicted octanol–water partition coefficient (Wildman–Crippen LogP) is 5.48. The molecule has 2 N–H and O–H groups in total. The van der Waals surface area contributed by atoms with E-state index in [1.165, 1.54) is 0 Å². The van der Waals surface area contributed by atoms with Crippen molar-refractivity contribution in [1.29, 1.82) is 0 Å². The number of benzene rings is 2. The number of alkyl halides is 3. The highest BCUT2D eigenvalue weighted by Crippen LogP contribution is 2.29. The van der Waals surface area contributed by atoms with Gasteiger partial charge in [0.25, 0.3) is 0 Å². The third kappa shape index (κ3) is 8.07. The summed E-state index contributed by atoms with van der Waals surface area (Å²) < 4.78 is 37.3. The fourth-order valence-electron chi connectivity index (χ4n) is 4.37. The van der Waals surface area contributed by atoms with Crippen LogP contribution in [-0.4, -0.2) is 77.6 Å². The van der Waals surface area contributed by atoms with E-state index in [0.29, 0.717) is 6.04 Å². The summed E-state index contributed by atoms with van der Waals surface area (Å²) in [6.07, 6.45) is -3.11. The lowest BCUT2D eigenvalue weighted by molar-refractivity contribution is -0.192. The molecule has 0 radical (unpaired) electrons. The van der Waals surface area contributed by atoms with Crippen molar-refractivity contribution < 1.29 is 27.8 Å². The first kappa shape index (κ1) is 29.1. The van der Waals surface area contributed by atoms with E-state index in [-0.39, 0.29) is 0 Å². The number of aromatic nitrogens is 2. The molecule has 5 rings (SSSR count). The minimum absolute atomic E-state index is 0.365. The third-order valence-corrected chi connectivity index (χ3v) is 7.03. The van der Waals surface area contributed by atoms with E-state index in [1.807, 2.05) is 42.5 Å². The van der Waals surface area contributed by atoms with E-state index in [0.717, 1.165) is 97.1 Å². The van der Waals surface area contributed by atoms with Crippen LogP contribution < -0.4 is 10.2 Å². The van der Waals surface area contributed by atoms with Crippen LogP contribution in [0.1, 0.15) is 18.4 Å². The first-order valence-corrected chi connectivity index (χ1v) is 13.2. The highest BCUT2D eigenvalue weighted by Gasteiger charge is 2.38. The molecule has 0 spiro atoms. The molecular weight excluding hydrogens is 558 g/mol. The van der Waals surface area contributed by atoms with Crippen LogP contribution in [-0.2, 0) is 16.1 Å². The number of hydrogen-bond donors (Lipinski definition) is 2. The van der Waals surface area contributed by atoms with Gasteiger partial charge in [-0.05, 0) is 48.7 Å². The van der Waals surface area contributed by atoms with Crippen molar-refractivity contribution in [1.82, 2.24) is 14.9 Å². The number of fused-ring (bicyclic) bond motifs is 1. The molecule has 2 aromatic carbocycles. The van der Waals surface area contributed by atoms with Crippen LogP contribution in [0.25, 0.3) is 11.0 Å². The van der Waals surface area contributed by atoms with Gasteiger partial charge in [0.2, 0.25) is 0 Å². The average molecular weight is 586 g/mol. The van der Waals surface area contributed by atoms with Crippen LogP contribution in [0.4, 0.5) is 24.8 Å². The van der Waals surface area contributed by atoms with Gasteiger partial charge in [-0.2, -0.15) is 13.2 Å². The second-order valence-electron chi connectivity index (χ2n) is 9.22. The largest absolute Gasteiger partial charge is 0.490 e. The number of anilines is 2. The normalized spacial score (nSPS) is 17.0. The van der Waals surface area contributed by atoms with Gasteiger partial charge in [0, 0.05) is 62.0 Å². The number of aliphatic carboxylic acids is 1. The van der Waals surface area contributed by atoms with E-state index < -0.39 is 12.1 Å². The number of carboxylic acids is 1. The number of para-hydroxylation sites is 2. The van der Waals surface area contributed by atoms with Gasteiger partial charge in [0.15, 0.2) is 11.6 Å². The van der Waals surface area contributed by atoms with E-state index in [1.54, 1.807) is 0 Å². The molecule has 0 aliphatic carbocycles. The number of halogens is 5. The molecule has 2 fully saturated rings. The Morgan fingerprint density at radius 2 is 1.64 bits per heavy atom. The van der Waals surface area contributed by atoms with Crippen molar-refractivity contribution in [3.05, 3.63) is 58.1 Å². The number of nitrogens with one attached hydrogen (secondary N) is 1. The molecule has 3 aromatic rings. The summed E-state index contributed by atoms with van der Waals surface area (Å²) in [4.78, 5) is 23.6. The molecule has 13 heteroatoms. The molecule has 3 heterocycles. The lowest BCUT2D eigenvalue weighted by atomic mass is 10.1. The summed E-state index contributed by atoms with van der Waals surface area (Å²) in [5.41, 5.74) is 2.91. The molecule has 210 valence electrons. The summed E-state index contributed by atoms with van der Waals surface area (Å²) in [5.74, 6) is -0.940.